The van der Waals surface area contributed by atoms with E-state index < -0.39 is 17.6 Å². The van der Waals surface area contributed by atoms with Gasteiger partial charge in [-0.1, -0.05) is 6.07 Å². The van der Waals surface area contributed by atoms with Gasteiger partial charge in [0.25, 0.3) is 5.91 Å². The molecule has 0 bridgehead atoms. The molecule has 0 unspecified atom stereocenters. The molecule has 0 aliphatic rings. The third-order valence-corrected chi connectivity index (χ3v) is 4.78. The standard InChI is InChI=1S/C23H24F3N5O/c1-4-31(5-2)20-13-15(3)27-22(30-20)29-19-11-9-18(10-12-19)28-21(32)16-7-6-8-17(14-16)23(24,25)26/h6-14H,4-5H2,1-3H3,(H,28,32)(H,27,29,30). The van der Waals surface area contributed by atoms with E-state index >= 15 is 0 Å². The number of hydrogen-bond acceptors (Lipinski definition) is 5. The molecule has 2 N–H and O–H groups in total. The summed E-state index contributed by atoms with van der Waals surface area (Å²) in [4.78, 5) is 23.4. The van der Waals surface area contributed by atoms with Gasteiger partial charge in [0.05, 0.1) is 5.56 Å². The summed E-state index contributed by atoms with van der Waals surface area (Å²) in [6.07, 6.45) is -4.51. The molecule has 3 aromatic rings. The Labute approximate surface area is 184 Å². The number of nitrogens with one attached hydrogen (secondary N) is 2. The highest BCUT2D eigenvalue weighted by molar-refractivity contribution is 6.04. The molecule has 1 aromatic heterocycles. The van der Waals surface area contributed by atoms with Crippen molar-refractivity contribution in [3.63, 3.8) is 0 Å². The topological polar surface area (TPSA) is 70.2 Å². The van der Waals surface area contributed by atoms with E-state index in [0.717, 1.165) is 36.7 Å². The predicted octanol–water partition coefficient (Wildman–Crippen LogP) is 5.65. The summed E-state index contributed by atoms with van der Waals surface area (Å²) in [6, 6.07) is 13.0. The van der Waals surface area contributed by atoms with Crippen LogP contribution in [0.4, 0.5) is 36.3 Å². The number of anilines is 4. The Kier molecular flexibility index (Phi) is 6.97. The largest absolute Gasteiger partial charge is 0.416 e. The fourth-order valence-corrected chi connectivity index (χ4v) is 3.12. The number of nitrogens with zero attached hydrogens (tertiary/aromatic N) is 3. The molecule has 1 amide bonds. The zero-order valence-corrected chi connectivity index (χ0v) is 18.0. The minimum Gasteiger partial charge on any atom is -0.357 e. The van der Waals surface area contributed by atoms with E-state index in [4.69, 9.17) is 0 Å². The third kappa shape index (κ3) is 5.75. The van der Waals surface area contributed by atoms with Crippen molar-refractivity contribution >= 4 is 29.0 Å². The van der Waals surface area contributed by atoms with Crippen LogP contribution >= 0.6 is 0 Å². The van der Waals surface area contributed by atoms with E-state index in [1.165, 1.54) is 12.1 Å². The van der Waals surface area contributed by atoms with E-state index in [0.29, 0.717) is 17.3 Å². The average Bonchev–Trinajstić information content (AvgIpc) is 2.75. The lowest BCUT2D eigenvalue weighted by Crippen LogP contribution is -2.23. The van der Waals surface area contributed by atoms with Crippen molar-refractivity contribution in [2.45, 2.75) is 26.9 Å². The first kappa shape index (κ1) is 23.1. The second kappa shape index (κ2) is 9.67. The Hall–Kier alpha value is -3.62. The second-order valence-electron chi connectivity index (χ2n) is 7.10. The summed E-state index contributed by atoms with van der Waals surface area (Å²) in [7, 11) is 0. The molecule has 6 nitrogen and oxygen atoms in total. The maximum absolute atomic E-state index is 12.9. The van der Waals surface area contributed by atoms with Gasteiger partial charge in [-0.25, -0.2) is 4.98 Å². The van der Waals surface area contributed by atoms with Gasteiger partial charge in [0.15, 0.2) is 0 Å². The van der Waals surface area contributed by atoms with E-state index in [1.807, 2.05) is 13.0 Å². The van der Waals surface area contributed by atoms with Gasteiger partial charge >= 0.3 is 6.18 Å². The van der Waals surface area contributed by atoms with Gasteiger partial charge in [-0.15, -0.1) is 0 Å². The maximum atomic E-state index is 12.9. The van der Waals surface area contributed by atoms with Crippen LogP contribution in [0.15, 0.2) is 54.6 Å². The summed E-state index contributed by atoms with van der Waals surface area (Å²) in [5.74, 6) is 0.658. The van der Waals surface area contributed by atoms with Crippen LogP contribution in [0.1, 0.15) is 35.5 Å². The van der Waals surface area contributed by atoms with Gasteiger partial charge in [-0.2, -0.15) is 18.2 Å². The first-order chi connectivity index (χ1) is 15.2. The average molecular weight is 443 g/mol. The maximum Gasteiger partial charge on any atom is 0.416 e. The summed E-state index contributed by atoms with van der Waals surface area (Å²) in [5, 5.41) is 5.74. The van der Waals surface area contributed by atoms with Gasteiger partial charge in [0, 0.05) is 41.8 Å². The highest BCUT2D eigenvalue weighted by Crippen LogP contribution is 2.29. The van der Waals surface area contributed by atoms with Gasteiger partial charge in [-0.05, 0) is 63.2 Å². The summed E-state index contributed by atoms with van der Waals surface area (Å²) in [6.45, 7) is 7.66. The molecule has 9 heteroatoms. The smallest absolute Gasteiger partial charge is 0.357 e. The van der Waals surface area contributed by atoms with Gasteiger partial charge in [-0.3, -0.25) is 4.79 Å². The zero-order chi connectivity index (χ0) is 23.3. The molecule has 0 aliphatic carbocycles. The van der Waals surface area contributed by atoms with Crippen LogP contribution in [0.3, 0.4) is 0 Å². The number of carbonyl (C=O) groups is 1. The lowest BCUT2D eigenvalue weighted by Gasteiger charge is -2.20. The number of alkyl halides is 3. The summed E-state index contributed by atoms with van der Waals surface area (Å²) < 4.78 is 38.6. The lowest BCUT2D eigenvalue weighted by molar-refractivity contribution is -0.137. The van der Waals surface area contributed by atoms with Crippen LogP contribution in [0.25, 0.3) is 0 Å². The Bertz CT molecular complexity index is 1080. The molecule has 0 saturated heterocycles. The normalized spacial score (nSPS) is 11.2. The van der Waals surface area contributed by atoms with Crippen molar-refractivity contribution in [3.05, 3.63) is 71.4 Å². The summed E-state index contributed by atoms with van der Waals surface area (Å²) >= 11 is 0. The molecule has 0 atom stereocenters. The van der Waals surface area contributed by atoms with Crippen molar-refractivity contribution in [3.8, 4) is 0 Å². The number of benzene rings is 2. The van der Waals surface area contributed by atoms with Crippen molar-refractivity contribution in [1.82, 2.24) is 9.97 Å². The van der Waals surface area contributed by atoms with Gasteiger partial charge in [0.2, 0.25) is 5.95 Å². The highest BCUT2D eigenvalue weighted by atomic mass is 19.4. The fraction of sp³-hybridized carbons (Fsp3) is 0.261. The van der Waals surface area contributed by atoms with Gasteiger partial charge < -0.3 is 15.5 Å². The van der Waals surface area contributed by atoms with Gasteiger partial charge in [0.1, 0.15) is 5.82 Å². The van der Waals surface area contributed by atoms with Crippen LogP contribution in [-0.2, 0) is 6.18 Å². The minimum absolute atomic E-state index is 0.0703. The first-order valence-corrected chi connectivity index (χ1v) is 10.2. The van der Waals surface area contributed by atoms with Crippen LogP contribution in [0, 0.1) is 6.92 Å². The SMILES string of the molecule is CCN(CC)c1cc(C)nc(Nc2ccc(NC(=O)c3cccc(C(F)(F)F)c3)cc2)n1. The molecule has 0 radical (unpaired) electrons. The quantitative estimate of drug-likeness (QED) is 0.494. The van der Waals surface area contributed by atoms with Crippen molar-refractivity contribution in [2.24, 2.45) is 0 Å². The molecule has 0 saturated carbocycles. The molecule has 2 aromatic carbocycles. The number of amides is 1. The predicted molar refractivity (Wildman–Crippen MR) is 119 cm³/mol. The number of halogens is 3. The Morgan fingerprint density at radius 1 is 0.969 bits per heavy atom. The number of rotatable bonds is 7. The van der Waals surface area contributed by atoms with Crippen molar-refractivity contribution in [2.75, 3.05) is 28.6 Å². The number of aryl methyl sites for hydroxylation is 1. The second-order valence-corrected chi connectivity index (χ2v) is 7.10. The van der Waals surface area contributed by atoms with Crippen LogP contribution < -0.4 is 15.5 Å². The number of hydrogen-bond donors (Lipinski definition) is 2. The number of carbonyl (C=O) groups excluding carboxylic acids is 1. The Morgan fingerprint density at radius 2 is 1.62 bits per heavy atom. The molecule has 32 heavy (non-hydrogen) atoms. The van der Waals surface area contributed by atoms with Crippen LogP contribution in [-0.4, -0.2) is 29.0 Å². The molecule has 0 spiro atoms. The molecule has 0 aliphatic heterocycles. The highest BCUT2D eigenvalue weighted by Gasteiger charge is 2.30. The fourth-order valence-electron chi connectivity index (χ4n) is 3.12. The minimum atomic E-state index is -4.51. The molecule has 168 valence electrons. The molecule has 3 rings (SSSR count). The monoisotopic (exact) mass is 443 g/mol. The molecular formula is C23H24F3N5O. The molecule has 1 heterocycles. The van der Waals surface area contributed by atoms with E-state index in [1.54, 1.807) is 24.3 Å². The Morgan fingerprint density at radius 3 is 2.25 bits per heavy atom. The van der Waals surface area contributed by atoms with Crippen LogP contribution in [0.2, 0.25) is 0 Å². The molecule has 0 fully saturated rings. The van der Waals surface area contributed by atoms with E-state index in [2.05, 4.69) is 39.3 Å². The number of aromatic nitrogens is 2. The first-order valence-electron chi connectivity index (χ1n) is 10.2. The Balaban J connectivity index is 1.70. The molecular weight excluding hydrogens is 419 g/mol. The van der Waals surface area contributed by atoms with E-state index in [9.17, 15) is 18.0 Å². The third-order valence-electron chi connectivity index (χ3n) is 4.78. The van der Waals surface area contributed by atoms with Crippen LogP contribution in [0.5, 0.6) is 0 Å². The van der Waals surface area contributed by atoms with Crippen molar-refractivity contribution in [1.29, 1.82) is 0 Å². The van der Waals surface area contributed by atoms with Crippen molar-refractivity contribution < 1.29 is 18.0 Å². The summed E-state index contributed by atoms with van der Waals surface area (Å²) in [5.41, 5.74) is 1.05. The zero-order valence-electron chi connectivity index (χ0n) is 18.0. The van der Waals surface area contributed by atoms with E-state index in [-0.39, 0.29) is 5.56 Å². The lowest BCUT2D eigenvalue weighted by atomic mass is 10.1.